The van der Waals surface area contributed by atoms with Crippen molar-refractivity contribution in [1.29, 1.82) is 0 Å². The van der Waals surface area contributed by atoms with Crippen molar-refractivity contribution in [3.63, 3.8) is 0 Å². The topological polar surface area (TPSA) is 86.8 Å². The Bertz CT molecular complexity index is 1120. The molecule has 2 aromatic carbocycles. The number of aryl methyl sites for hydroxylation is 1. The molecule has 192 valence electrons. The number of halogens is 2. The van der Waals surface area contributed by atoms with Crippen LogP contribution in [0.4, 0.5) is 5.69 Å². The van der Waals surface area contributed by atoms with Gasteiger partial charge in [0.15, 0.2) is 0 Å². The van der Waals surface area contributed by atoms with E-state index in [4.69, 9.17) is 23.2 Å². The van der Waals surface area contributed by atoms with E-state index < -0.39 is 16.1 Å². The van der Waals surface area contributed by atoms with Crippen molar-refractivity contribution in [2.75, 3.05) is 23.7 Å². The minimum atomic E-state index is -3.53. The van der Waals surface area contributed by atoms with Gasteiger partial charge in [-0.15, -0.1) is 0 Å². The van der Waals surface area contributed by atoms with Crippen molar-refractivity contribution in [2.45, 2.75) is 52.6 Å². The molecule has 0 radical (unpaired) electrons. The fourth-order valence-corrected chi connectivity index (χ4v) is 5.19. The van der Waals surface area contributed by atoms with E-state index in [1.165, 1.54) is 9.21 Å². The summed E-state index contributed by atoms with van der Waals surface area (Å²) in [7, 11) is -3.53. The number of nitrogens with zero attached hydrogens (tertiary/aromatic N) is 2. The number of benzene rings is 2. The van der Waals surface area contributed by atoms with Gasteiger partial charge >= 0.3 is 0 Å². The molecule has 1 N–H and O–H groups in total. The van der Waals surface area contributed by atoms with Crippen LogP contribution in [-0.2, 0) is 26.2 Å². The van der Waals surface area contributed by atoms with E-state index in [-0.39, 0.29) is 37.7 Å². The second-order valence-corrected chi connectivity index (χ2v) is 11.1. The number of sulfonamides is 1. The summed E-state index contributed by atoms with van der Waals surface area (Å²) in [5.74, 6) is -0.502. The molecule has 0 aromatic heterocycles. The van der Waals surface area contributed by atoms with Crippen LogP contribution in [0, 0.1) is 6.92 Å². The predicted molar refractivity (Wildman–Crippen MR) is 142 cm³/mol. The maximum Gasteiger partial charge on any atom is 0.242 e. The molecule has 7 nitrogen and oxygen atoms in total. The van der Waals surface area contributed by atoms with Crippen LogP contribution in [0.25, 0.3) is 0 Å². The Kier molecular flexibility index (Phi) is 10.9. The first kappa shape index (κ1) is 28.9. The second-order valence-electron chi connectivity index (χ2n) is 8.35. The van der Waals surface area contributed by atoms with Crippen LogP contribution in [0.2, 0.25) is 10.0 Å². The first-order chi connectivity index (χ1) is 16.5. The molecule has 35 heavy (non-hydrogen) atoms. The third-order valence-corrected chi connectivity index (χ3v) is 7.35. The Balaban J connectivity index is 2.23. The van der Waals surface area contributed by atoms with Crippen molar-refractivity contribution in [3.05, 3.63) is 63.6 Å². The second kappa shape index (κ2) is 13.1. The van der Waals surface area contributed by atoms with Crippen LogP contribution in [0.5, 0.6) is 0 Å². The number of carbonyl (C=O) groups is 2. The van der Waals surface area contributed by atoms with E-state index in [1.807, 2.05) is 32.9 Å². The van der Waals surface area contributed by atoms with E-state index in [1.54, 1.807) is 30.3 Å². The largest absolute Gasteiger partial charge is 0.355 e. The summed E-state index contributed by atoms with van der Waals surface area (Å²) in [5, 5.41) is 3.67. The van der Waals surface area contributed by atoms with Crippen molar-refractivity contribution in [1.82, 2.24) is 10.2 Å². The Labute approximate surface area is 218 Å². The minimum absolute atomic E-state index is 0.0684. The van der Waals surface area contributed by atoms with Gasteiger partial charge in [0.25, 0.3) is 0 Å². The monoisotopic (exact) mass is 541 g/mol. The molecule has 0 aliphatic heterocycles. The summed E-state index contributed by atoms with van der Waals surface area (Å²) in [6.45, 7) is 6.30. The summed E-state index contributed by atoms with van der Waals surface area (Å²) >= 11 is 12.4. The predicted octanol–water partition coefficient (Wildman–Crippen LogP) is 4.79. The maximum absolute atomic E-state index is 13.4. The number of amides is 2. The summed E-state index contributed by atoms with van der Waals surface area (Å²) < 4.78 is 26.1. The van der Waals surface area contributed by atoms with E-state index in [2.05, 4.69) is 5.32 Å². The van der Waals surface area contributed by atoms with E-state index >= 15 is 0 Å². The smallest absolute Gasteiger partial charge is 0.242 e. The van der Waals surface area contributed by atoms with Gasteiger partial charge in [-0.3, -0.25) is 13.9 Å². The number of rotatable bonds is 12. The fourth-order valence-electron chi connectivity index (χ4n) is 3.76. The highest BCUT2D eigenvalue weighted by atomic mass is 35.5. The van der Waals surface area contributed by atoms with Crippen molar-refractivity contribution < 1.29 is 18.0 Å². The summed E-state index contributed by atoms with van der Waals surface area (Å²) in [6, 6.07) is 11.5. The SMILES string of the molecule is CCNC(=O)C(CC)N(Cc1ccc(Cl)cc1Cl)C(=O)CCCN(c1ccc(C)cc1)S(C)(=O)=O. The number of hydrogen-bond acceptors (Lipinski definition) is 4. The molecule has 1 atom stereocenters. The van der Waals surface area contributed by atoms with Crippen LogP contribution in [-0.4, -0.2) is 50.5 Å². The van der Waals surface area contributed by atoms with Gasteiger partial charge in [0.2, 0.25) is 21.8 Å². The standard InChI is InChI=1S/C25H33Cl2N3O4S/c1-5-23(25(32)28-6-2)29(17-19-11-12-20(26)16-22(19)27)24(31)8-7-15-30(35(4,33)34)21-13-9-18(3)10-14-21/h9-14,16,23H,5-8,15,17H2,1-4H3,(H,28,32). The zero-order chi connectivity index (χ0) is 26.2. The lowest BCUT2D eigenvalue weighted by atomic mass is 10.1. The molecular formula is C25H33Cl2N3O4S. The van der Waals surface area contributed by atoms with Gasteiger partial charge in [0, 0.05) is 36.1 Å². The van der Waals surface area contributed by atoms with Crippen molar-refractivity contribution >= 4 is 50.7 Å². The lowest BCUT2D eigenvalue weighted by molar-refractivity contribution is -0.141. The minimum Gasteiger partial charge on any atom is -0.355 e. The Morgan fingerprint density at radius 1 is 1.06 bits per heavy atom. The fraction of sp³-hybridized carbons (Fsp3) is 0.440. The highest BCUT2D eigenvalue weighted by Gasteiger charge is 2.29. The van der Waals surface area contributed by atoms with Crippen molar-refractivity contribution in [2.24, 2.45) is 0 Å². The molecule has 0 aliphatic rings. The molecule has 0 spiro atoms. The highest BCUT2D eigenvalue weighted by molar-refractivity contribution is 7.92. The van der Waals surface area contributed by atoms with Crippen LogP contribution in [0.1, 0.15) is 44.2 Å². The molecule has 2 aromatic rings. The van der Waals surface area contributed by atoms with Gasteiger partial charge in [-0.25, -0.2) is 8.42 Å². The lowest BCUT2D eigenvalue weighted by Gasteiger charge is -2.31. The van der Waals surface area contributed by atoms with Gasteiger partial charge in [0.05, 0.1) is 11.9 Å². The molecular weight excluding hydrogens is 509 g/mol. The van der Waals surface area contributed by atoms with Crippen LogP contribution in [0.15, 0.2) is 42.5 Å². The van der Waals surface area contributed by atoms with Crippen molar-refractivity contribution in [3.8, 4) is 0 Å². The zero-order valence-electron chi connectivity index (χ0n) is 20.6. The molecule has 0 fully saturated rings. The van der Waals surface area contributed by atoms with Gasteiger partial charge < -0.3 is 10.2 Å². The van der Waals surface area contributed by atoms with Gasteiger partial charge in [-0.2, -0.15) is 0 Å². The molecule has 0 bridgehead atoms. The van der Waals surface area contributed by atoms with Crippen LogP contribution < -0.4 is 9.62 Å². The van der Waals surface area contributed by atoms with E-state index in [9.17, 15) is 18.0 Å². The summed E-state index contributed by atoms with van der Waals surface area (Å²) in [4.78, 5) is 27.6. The number of hydrogen-bond donors (Lipinski definition) is 1. The molecule has 0 saturated heterocycles. The Hall–Kier alpha value is -2.29. The van der Waals surface area contributed by atoms with Gasteiger partial charge in [0.1, 0.15) is 6.04 Å². The Morgan fingerprint density at radius 3 is 2.26 bits per heavy atom. The molecule has 2 rings (SSSR count). The third kappa shape index (κ3) is 8.40. The average molecular weight is 543 g/mol. The number of carbonyl (C=O) groups excluding carboxylic acids is 2. The van der Waals surface area contributed by atoms with E-state index in [0.29, 0.717) is 34.3 Å². The number of likely N-dealkylation sites (N-methyl/N-ethyl adjacent to an activating group) is 1. The highest BCUT2D eigenvalue weighted by Crippen LogP contribution is 2.25. The van der Waals surface area contributed by atoms with E-state index in [0.717, 1.165) is 11.8 Å². The normalized spacial score (nSPS) is 12.2. The lowest BCUT2D eigenvalue weighted by Crippen LogP contribution is -2.49. The molecule has 10 heteroatoms. The summed E-state index contributed by atoms with van der Waals surface area (Å²) in [5.41, 5.74) is 2.23. The molecule has 2 amide bonds. The van der Waals surface area contributed by atoms with Gasteiger partial charge in [-0.05, 0) is 56.5 Å². The zero-order valence-corrected chi connectivity index (χ0v) is 22.9. The summed E-state index contributed by atoms with van der Waals surface area (Å²) in [6.07, 6.45) is 1.92. The molecule has 0 aliphatic carbocycles. The molecule has 0 saturated carbocycles. The number of nitrogens with one attached hydrogen (secondary N) is 1. The molecule has 0 heterocycles. The first-order valence-corrected chi connectivity index (χ1v) is 14.1. The quantitative estimate of drug-likeness (QED) is 0.418. The Morgan fingerprint density at radius 2 is 1.71 bits per heavy atom. The van der Waals surface area contributed by atoms with Crippen LogP contribution >= 0.6 is 23.2 Å². The van der Waals surface area contributed by atoms with Gasteiger partial charge in [-0.1, -0.05) is 53.9 Å². The maximum atomic E-state index is 13.4. The van der Waals surface area contributed by atoms with Crippen LogP contribution in [0.3, 0.4) is 0 Å². The third-order valence-electron chi connectivity index (χ3n) is 5.57. The number of anilines is 1. The molecule has 1 unspecified atom stereocenters. The first-order valence-electron chi connectivity index (χ1n) is 11.5. The average Bonchev–Trinajstić information content (AvgIpc) is 2.78.